The summed E-state index contributed by atoms with van der Waals surface area (Å²) in [4.78, 5) is 14.0. The zero-order valence-corrected chi connectivity index (χ0v) is 13.3. The van der Waals surface area contributed by atoms with Gasteiger partial charge in [0.05, 0.1) is 12.8 Å². The summed E-state index contributed by atoms with van der Waals surface area (Å²) >= 11 is 0. The van der Waals surface area contributed by atoms with Gasteiger partial charge in [-0.1, -0.05) is 30.3 Å². The molecule has 122 valence electrons. The van der Waals surface area contributed by atoms with Crippen LogP contribution >= 0.6 is 0 Å². The summed E-state index contributed by atoms with van der Waals surface area (Å²) in [6.45, 7) is 1.04. The van der Waals surface area contributed by atoms with E-state index < -0.39 is 0 Å². The van der Waals surface area contributed by atoms with E-state index in [1.807, 2.05) is 30.1 Å². The number of anilines is 1. The van der Waals surface area contributed by atoms with Crippen LogP contribution in [0.1, 0.15) is 21.8 Å². The minimum atomic E-state index is -0.281. The minimum absolute atomic E-state index is 0.276. The van der Waals surface area contributed by atoms with Crippen LogP contribution in [0.15, 0.2) is 65.3 Å². The third-order valence-corrected chi connectivity index (χ3v) is 3.54. The number of nitrogens with one attached hydrogen (secondary N) is 1. The number of rotatable bonds is 6. The van der Waals surface area contributed by atoms with Gasteiger partial charge >= 0.3 is 0 Å². The fourth-order valence-corrected chi connectivity index (χ4v) is 2.26. The van der Waals surface area contributed by atoms with Gasteiger partial charge in [0.15, 0.2) is 11.5 Å². The van der Waals surface area contributed by atoms with Crippen LogP contribution in [-0.2, 0) is 13.1 Å². The van der Waals surface area contributed by atoms with E-state index in [9.17, 15) is 4.79 Å². The molecule has 24 heavy (non-hydrogen) atoms. The molecule has 1 amide bonds. The lowest BCUT2D eigenvalue weighted by Crippen LogP contribution is -2.24. The summed E-state index contributed by atoms with van der Waals surface area (Å²) in [5.41, 5.74) is 1.46. The molecular formula is C18H18N4O2. The third-order valence-electron chi connectivity index (χ3n) is 3.54. The van der Waals surface area contributed by atoms with E-state index in [2.05, 4.69) is 27.6 Å². The normalized spacial score (nSPS) is 10.4. The van der Waals surface area contributed by atoms with Crippen LogP contribution in [0.4, 0.5) is 5.82 Å². The molecule has 6 nitrogen and oxygen atoms in total. The van der Waals surface area contributed by atoms with Gasteiger partial charge < -0.3 is 14.6 Å². The molecule has 0 aliphatic rings. The van der Waals surface area contributed by atoms with E-state index in [0.29, 0.717) is 18.1 Å². The van der Waals surface area contributed by atoms with Crippen molar-refractivity contribution in [2.45, 2.75) is 13.1 Å². The Hall–Kier alpha value is -3.15. The monoisotopic (exact) mass is 322 g/mol. The van der Waals surface area contributed by atoms with Crippen LogP contribution in [0.25, 0.3) is 0 Å². The lowest BCUT2D eigenvalue weighted by atomic mass is 10.2. The highest BCUT2D eigenvalue weighted by molar-refractivity contribution is 5.92. The topological polar surface area (TPSA) is 71.3 Å². The number of aromatic nitrogens is 2. The maximum atomic E-state index is 12.0. The Morgan fingerprint density at radius 1 is 1.08 bits per heavy atom. The zero-order chi connectivity index (χ0) is 16.8. The first-order valence-electron chi connectivity index (χ1n) is 7.62. The van der Waals surface area contributed by atoms with Gasteiger partial charge in [-0.15, -0.1) is 10.2 Å². The molecule has 1 N–H and O–H groups in total. The highest BCUT2D eigenvalue weighted by atomic mass is 16.3. The summed E-state index contributed by atoms with van der Waals surface area (Å²) in [6.07, 6.45) is 1.57. The number of hydrogen-bond donors (Lipinski definition) is 1. The first kappa shape index (κ1) is 15.7. The Kier molecular flexibility index (Phi) is 4.86. The van der Waals surface area contributed by atoms with E-state index >= 15 is 0 Å². The average Bonchev–Trinajstić information content (AvgIpc) is 3.14. The van der Waals surface area contributed by atoms with Gasteiger partial charge in [0, 0.05) is 13.6 Å². The van der Waals surface area contributed by atoms with Crippen LogP contribution in [0.3, 0.4) is 0 Å². The quantitative estimate of drug-likeness (QED) is 0.755. The van der Waals surface area contributed by atoms with Crippen LogP contribution in [0, 0.1) is 0 Å². The van der Waals surface area contributed by atoms with Gasteiger partial charge in [0.2, 0.25) is 0 Å². The molecule has 2 heterocycles. The number of benzene rings is 1. The number of carbonyl (C=O) groups excluding carboxylic acids is 1. The molecule has 2 aromatic heterocycles. The van der Waals surface area contributed by atoms with Crippen molar-refractivity contribution in [1.29, 1.82) is 0 Å². The number of nitrogens with zero attached hydrogens (tertiary/aromatic N) is 3. The van der Waals surface area contributed by atoms with Gasteiger partial charge in [-0.05, 0) is 29.8 Å². The Labute approximate surface area is 140 Å². The lowest BCUT2D eigenvalue weighted by Gasteiger charge is -2.17. The van der Waals surface area contributed by atoms with Gasteiger partial charge in [-0.2, -0.15) is 0 Å². The number of carbonyl (C=O) groups is 1. The predicted octanol–water partition coefficient (Wildman–Crippen LogP) is 2.64. The first-order valence-corrected chi connectivity index (χ1v) is 7.62. The molecule has 0 spiro atoms. The van der Waals surface area contributed by atoms with E-state index in [1.54, 1.807) is 30.5 Å². The molecular weight excluding hydrogens is 304 g/mol. The zero-order valence-electron chi connectivity index (χ0n) is 13.3. The standard InChI is InChI=1S/C18H18N4O2/c1-22(13-14-6-3-2-4-7-14)17-10-9-16(20-21-17)18(23)19-12-15-8-5-11-24-15/h2-11H,12-13H2,1H3,(H,19,23). The second-order valence-corrected chi connectivity index (χ2v) is 5.38. The van der Waals surface area contributed by atoms with Gasteiger partial charge in [-0.25, -0.2) is 0 Å². The first-order chi connectivity index (χ1) is 11.7. The molecule has 0 saturated heterocycles. The Bertz CT molecular complexity index is 771. The smallest absolute Gasteiger partial charge is 0.272 e. The van der Waals surface area contributed by atoms with Gasteiger partial charge in [0.1, 0.15) is 5.76 Å². The lowest BCUT2D eigenvalue weighted by molar-refractivity contribution is 0.0942. The summed E-state index contributed by atoms with van der Waals surface area (Å²) in [5, 5.41) is 10.9. The molecule has 6 heteroatoms. The second kappa shape index (κ2) is 7.41. The van der Waals surface area contributed by atoms with Crippen LogP contribution in [0.5, 0.6) is 0 Å². The highest BCUT2D eigenvalue weighted by Gasteiger charge is 2.10. The molecule has 0 atom stereocenters. The maximum Gasteiger partial charge on any atom is 0.272 e. The van der Waals surface area contributed by atoms with Crippen molar-refractivity contribution in [2.24, 2.45) is 0 Å². The maximum absolute atomic E-state index is 12.0. The molecule has 0 saturated carbocycles. The molecule has 3 rings (SSSR count). The van der Waals surface area contributed by atoms with Crippen molar-refractivity contribution in [2.75, 3.05) is 11.9 Å². The van der Waals surface area contributed by atoms with Crippen molar-refractivity contribution in [3.8, 4) is 0 Å². The molecule has 3 aromatic rings. The molecule has 1 aromatic carbocycles. The predicted molar refractivity (Wildman–Crippen MR) is 90.5 cm³/mol. The molecule has 0 fully saturated rings. The van der Waals surface area contributed by atoms with Crippen molar-refractivity contribution in [3.05, 3.63) is 77.9 Å². The van der Waals surface area contributed by atoms with Crippen molar-refractivity contribution >= 4 is 11.7 Å². The Balaban J connectivity index is 1.59. The summed E-state index contributed by atoms with van der Waals surface area (Å²) in [7, 11) is 1.94. The van der Waals surface area contributed by atoms with E-state index in [0.717, 1.165) is 6.54 Å². The van der Waals surface area contributed by atoms with Crippen molar-refractivity contribution < 1.29 is 9.21 Å². The van der Waals surface area contributed by atoms with Crippen LogP contribution in [0.2, 0.25) is 0 Å². The largest absolute Gasteiger partial charge is 0.467 e. The van der Waals surface area contributed by atoms with Crippen molar-refractivity contribution in [3.63, 3.8) is 0 Å². The molecule has 0 unspecified atom stereocenters. The average molecular weight is 322 g/mol. The molecule has 0 aliphatic heterocycles. The van der Waals surface area contributed by atoms with Crippen LogP contribution in [-0.4, -0.2) is 23.2 Å². The van der Waals surface area contributed by atoms with E-state index in [1.165, 1.54) is 5.56 Å². The molecule has 0 aliphatic carbocycles. The number of amides is 1. The fourth-order valence-electron chi connectivity index (χ4n) is 2.26. The van der Waals surface area contributed by atoms with E-state index in [4.69, 9.17) is 4.42 Å². The second-order valence-electron chi connectivity index (χ2n) is 5.38. The highest BCUT2D eigenvalue weighted by Crippen LogP contribution is 2.12. The minimum Gasteiger partial charge on any atom is -0.467 e. The Morgan fingerprint density at radius 3 is 2.58 bits per heavy atom. The SMILES string of the molecule is CN(Cc1ccccc1)c1ccc(C(=O)NCc2ccco2)nn1. The molecule has 0 bridgehead atoms. The van der Waals surface area contributed by atoms with E-state index in [-0.39, 0.29) is 11.6 Å². The van der Waals surface area contributed by atoms with Gasteiger partial charge in [0.25, 0.3) is 5.91 Å². The molecule has 0 radical (unpaired) electrons. The third kappa shape index (κ3) is 3.98. The summed E-state index contributed by atoms with van der Waals surface area (Å²) in [6, 6.07) is 17.1. The number of furan rings is 1. The Morgan fingerprint density at radius 2 is 1.92 bits per heavy atom. The van der Waals surface area contributed by atoms with Gasteiger partial charge in [-0.3, -0.25) is 4.79 Å². The number of hydrogen-bond acceptors (Lipinski definition) is 5. The fraction of sp³-hybridized carbons (Fsp3) is 0.167. The van der Waals surface area contributed by atoms with Crippen molar-refractivity contribution in [1.82, 2.24) is 15.5 Å². The van der Waals surface area contributed by atoms with Crippen LogP contribution < -0.4 is 10.2 Å². The summed E-state index contributed by atoms with van der Waals surface area (Å²) in [5.74, 6) is 1.12. The summed E-state index contributed by atoms with van der Waals surface area (Å²) < 4.78 is 5.17.